The predicted molar refractivity (Wildman–Crippen MR) is 90.0 cm³/mol. The quantitative estimate of drug-likeness (QED) is 0.788. The van der Waals surface area contributed by atoms with Gasteiger partial charge >= 0.3 is 0 Å². The molecule has 0 radical (unpaired) electrons. The van der Waals surface area contributed by atoms with Crippen LogP contribution in [0.25, 0.3) is 10.2 Å². The Bertz CT molecular complexity index is 698. The van der Waals surface area contributed by atoms with Crippen LogP contribution in [0, 0.1) is 5.92 Å². The average molecular weight is 320 g/mol. The largest absolute Gasteiger partial charge is 0.326 e. The van der Waals surface area contributed by atoms with Crippen LogP contribution in [-0.4, -0.2) is 22.8 Å². The smallest absolute Gasteiger partial charge is 0.243 e. The molecule has 2 aromatic rings. The van der Waals surface area contributed by atoms with Crippen molar-refractivity contribution in [3.63, 3.8) is 0 Å². The van der Waals surface area contributed by atoms with Crippen molar-refractivity contribution in [3.05, 3.63) is 18.2 Å². The third-order valence-corrected chi connectivity index (χ3v) is 4.43. The first-order chi connectivity index (χ1) is 10.4. The Morgan fingerprint density at radius 1 is 1.36 bits per heavy atom. The number of nitrogens with one attached hydrogen (secondary N) is 2. The summed E-state index contributed by atoms with van der Waals surface area (Å²) < 4.78 is 0.888. The minimum absolute atomic E-state index is 0.112. The Balaban J connectivity index is 2.15. The molecule has 118 valence electrons. The molecule has 4 N–H and O–H groups in total. The molecule has 2 amide bonds. The lowest BCUT2D eigenvalue weighted by atomic mass is 10.00. The molecule has 0 aliphatic heterocycles. The van der Waals surface area contributed by atoms with E-state index in [2.05, 4.69) is 15.6 Å². The van der Waals surface area contributed by atoms with Crippen LogP contribution in [0.5, 0.6) is 0 Å². The van der Waals surface area contributed by atoms with Gasteiger partial charge in [0.05, 0.1) is 16.3 Å². The number of thiazole rings is 1. The molecule has 22 heavy (non-hydrogen) atoms. The molecule has 7 heteroatoms. The number of hydrogen-bond donors (Lipinski definition) is 3. The second-order valence-electron chi connectivity index (χ2n) is 5.28. The van der Waals surface area contributed by atoms with Crippen molar-refractivity contribution >= 4 is 44.2 Å². The van der Waals surface area contributed by atoms with E-state index in [4.69, 9.17) is 5.73 Å². The zero-order valence-corrected chi connectivity index (χ0v) is 13.7. The van der Waals surface area contributed by atoms with Gasteiger partial charge < -0.3 is 16.4 Å². The van der Waals surface area contributed by atoms with Gasteiger partial charge in [-0.15, -0.1) is 0 Å². The summed E-state index contributed by atoms with van der Waals surface area (Å²) in [5, 5.41) is 6.00. The molecule has 0 fully saturated rings. The minimum atomic E-state index is -0.549. The van der Waals surface area contributed by atoms with Crippen LogP contribution in [0.15, 0.2) is 18.2 Å². The van der Waals surface area contributed by atoms with Crippen molar-refractivity contribution < 1.29 is 9.59 Å². The van der Waals surface area contributed by atoms with Crippen LogP contribution >= 0.6 is 11.3 Å². The molecule has 0 saturated heterocycles. The monoisotopic (exact) mass is 320 g/mol. The molecule has 0 bridgehead atoms. The molecule has 2 unspecified atom stereocenters. The summed E-state index contributed by atoms with van der Waals surface area (Å²) in [6.07, 6.45) is 0.842. The fraction of sp³-hybridized carbons (Fsp3) is 0.400. The molecule has 0 aliphatic rings. The second-order valence-corrected chi connectivity index (χ2v) is 6.31. The number of amides is 2. The molecule has 0 saturated carbocycles. The Morgan fingerprint density at radius 2 is 2.09 bits per heavy atom. The van der Waals surface area contributed by atoms with Crippen molar-refractivity contribution in [1.29, 1.82) is 0 Å². The predicted octanol–water partition coefficient (Wildman–Crippen LogP) is 2.57. The normalized spacial score (nSPS) is 13.6. The standard InChI is InChI=1S/C15H20N4O2S/c1-4-8(2)13(16)14(21)19-15-18-11-6-5-10(17-9(3)20)7-12(11)22-15/h5-8,13H,4,16H2,1-3H3,(H,17,20)(H,18,19,21). The Labute approximate surface area is 133 Å². The Morgan fingerprint density at radius 3 is 2.73 bits per heavy atom. The van der Waals surface area contributed by atoms with Gasteiger partial charge in [-0.1, -0.05) is 31.6 Å². The van der Waals surface area contributed by atoms with Crippen molar-refractivity contribution in [2.24, 2.45) is 11.7 Å². The molecule has 1 heterocycles. The van der Waals surface area contributed by atoms with Crippen LogP contribution in [0.2, 0.25) is 0 Å². The summed E-state index contributed by atoms with van der Waals surface area (Å²) in [5.41, 5.74) is 7.39. The summed E-state index contributed by atoms with van der Waals surface area (Å²) >= 11 is 1.35. The SMILES string of the molecule is CCC(C)C(N)C(=O)Nc1nc2ccc(NC(C)=O)cc2s1. The molecule has 2 rings (SSSR count). The van der Waals surface area contributed by atoms with Gasteiger partial charge in [-0.05, 0) is 24.1 Å². The van der Waals surface area contributed by atoms with Crippen LogP contribution in [0.1, 0.15) is 27.2 Å². The van der Waals surface area contributed by atoms with Crippen molar-refractivity contribution in [3.8, 4) is 0 Å². The van der Waals surface area contributed by atoms with Gasteiger partial charge in [-0.2, -0.15) is 0 Å². The minimum Gasteiger partial charge on any atom is -0.326 e. The zero-order chi connectivity index (χ0) is 16.3. The summed E-state index contributed by atoms with van der Waals surface area (Å²) in [6.45, 7) is 5.40. The van der Waals surface area contributed by atoms with Gasteiger partial charge in [0.1, 0.15) is 0 Å². The highest BCUT2D eigenvalue weighted by atomic mass is 32.1. The average Bonchev–Trinajstić information content (AvgIpc) is 2.86. The highest BCUT2D eigenvalue weighted by Gasteiger charge is 2.20. The summed E-state index contributed by atoms with van der Waals surface area (Å²) in [6, 6.07) is 4.87. The first-order valence-corrected chi connectivity index (χ1v) is 7.97. The lowest BCUT2D eigenvalue weighted by molar-refractivity contribution is -0.118. The van der Waals surface area contributed by atoms with E-state index in [9.17, 15) is 9.59 Å². The number of nitrogens with zero attached hydrogens (tertiary/aromatic N) is 1. The van der Waals surface area contributed by atoms with Gasteiger partial charge in [-0.3, -0.25) is 9.59 Å². The number of carbonyl (C=O) groups is 2. The maximum Gasteiger partial charge on any atom is 0.243 e. The van der Waals surface area contributed by atoms with Gasteiger partial charge in [-0.25, -0.2) is 4.98 Å². The van der Waals surface area contributed by atoms with Crippen molar-refractivity contribution in [1.82, 2.24) is 4.98 Å². The molecular formula is C15H20N4O2S. The number of carbonyl (C=O) groups excluding carboxylic acids is 2. The van der Waals surface area contributed by atoms with E-state index < -0.39 is 6.04 Å². The number of nitrogens with two attached hydrogens (primary N) is 1. The van der Waals surface area contributed by atoms with Crippen LogP contribution in [0.3, 0.4) is 0 Å². The molecule has 1 aromatic heterocycles. The molecule has 6 nitrogen and oxygen atoms in total. The first kappa shape index (κ1) is 16.4. The molecule has 1 aromatic carbocycles. The van der Waals surface area contributed by atoms with Gasteiger partial charge in [0.15, 0.2) is 5.13 Å². The number of hydrogen-bond acceptors (Lipinski definition) is 5. The number of benzene rings is 1. The third kappa shape index (κ3) is 3.80. The van der Waals surface area contributed by atoms with Crippen LogP contribution in [0.4, 0.5) is 10.8 Å². The van der Waals surface area contributed by atoms with E-state index >= 15 is 0 Å². The maximum atomic E-state index is 12.1. The number of anilines is 2. The second kappa shape index (κ2) is 6.85. The highest BCUT2D eigenvalue weighted by molar-refractivity contribution is 7.22. The zero-order valence-electron chi connectivity index (χ0n) is 12.8. The van der Waals surface area contributed by atoms with Crippen LogP contribution < -0.4 is 16.4 Å². The Kier molecular flexibility index (Phi) is 5.10. The number of aromatic nitrogens is 1. The van der Waals surface area contributed by atoms with E-state index in [1.165, 1.54) is 18.3 Å². The summed E-state index contributed by atoms with van der Waals surface area (Å²) in [5.74, 6) is -0.242. The van der Waals surface area contributed by atoms with Crippen LogP contribution in [-0.2, 0) is 9.59 Å². The lowest BCUT2D eigenvalue weighted by Crippen LogP contribution is -2.40. The molecule has 2 atom stereocenters. The first-order valence-electron chi connectivity index (χ1n) is 7.15. The maximum absolute atomic E-state index is 12.1. The Hall–Kier alpha value is -1.99. The van der Waals surface area contributed by atoms with E-state index in [1.807, 2.05) is 19.9 Å². The van der Waals surface area contributed by atoms with E-state index in [0.717, 1.165) is 16.6 Å². The van der Waals surface area contributed by atoms with E-state index in [-0.39, 0.29) is 17.7 Å². The molecule has 0 aliphatic carbocycles. The summed E-state index contributed by atoms with van der Waals surface area (Å²) in [7, 11) is 0. The third-order valence-electron chi connectivity index (χ3n) is 3.50. The highest BCUT2D eigenvalue weighted by Crippen LogP contribution is 2.28. The van der Waals surface area contributed by atoms with E-state index in [1.54, 1.807) is 12.1 Å². The van der Waals surface area contributed by atoms with Gasteiger partial charge in [0.25, 0.3) is 0 Å². The number of rotatable bonds is 5. The van der Waals surface area contributed by atoms with Gasteiger partial charge in [0.2, 0.25) is 11.8 Å². The van der Waals surface area contributed by atoms with Crippen molar-refractivity contribution in [2.75, 3.05) is 10.6 Å². The molecule has 0 spiro atoms. The summed E-state index contributed by atoms with van der Waals surface area (Å²) in [4.78, 5) is 27.5. The number of fused-ring (bicyclic) bond motifs is 1. The fourth-order valence-corrected chi connectivity index (χ4v) is 2.87. The fourth-order valence-electron chi connectivity index (χ4n) is 1.96. The van der Waals surface area contributed by atoms with Crippen molar-refractivity contribution in [2.45, 2.75) is 33.2 Å². The molecular weight excluding hydrogens is 300 g/mol. The topological polar surface area (TPSA) is 97.1 Å². The lowest BCUT2D eigenvalue weighted by Gasteiger charge is -2.16. The van der Waals surface area contributed by atoms with Gasteiger partial charge in [0, 0.05) is 12.6 Å². The van der Waals surface area contributed by atoms with E-state index in [0.29, 0.717) is 10.8 Å².